The first-order valence-electron chi connectivity index (χ1n) is 6.81. The van der Waals surface area contributed by atoms with Gasteiger partial charge in [0.1, 0.15) is 29.1 Å². The summed E-state index contributed by atoms with van der Waals surface area (Å²) in [4.78, 5) is 4.19. The molecule has 0 saturated carbocycles. The summed E-state index contributed by atoms with van der Waals surface area (Å²) in [6.45, 7) is 0. The van der Waals surface area contributed by atoms with Crippen LogP contribution in [0.3, 0.4) is 0 Å². The SMILES string of the molecule is N#Cc1c(-c2cccc(F)c2)cc(-c2ccc(F)cc2)nc1N. The van der Waals surface area contributed by atoms with Gasteiger partial charge in [0.25, 0.3) is 0 Å². The van der Waals surface area contributed by atoms with E-state index in [1.807, 2.05) is 6.07 Å². The van der Waals surface area contributed by atoms with Gasteiger partial charge in [-0.05, 0) is 48.0 Å². The molecule has 1 aromatic heterocycles. The number of hydrogen-bond acceptors (Lipinski definition) is 3. The molecule has 0 fully saturated rings. The molecule has 3 aromatic rings. The van der Waals surface area contributed by atoms with Gasteiger partial charge in [-0.2, -0.15) is 5.26 Å². The van der Waals surface area contributed by atoms with Crippen LogP contribution < -0.4 is 5.73 Å². The summed E-state index contributed by atoms with van der Waals surface area (Å²) in [6.07, 6.45) is 0. The molecule has 0 aliphatic heterocycles. The van der Waals surface area contributed by atoms with Gasteiger partial charge >= 0.3 is 0 Å². The number of benzene rings is 2. The van der Waals surface area contributed by atoms with Crippen molar-refractivity contribution in [3.8, 4) is 28.5 Å². The predicted octanol–water partition coefficient (Wildman–Crippen LogP) is 4.15. The third-order valence-electron chi connectivity index (χ3n) is 3.43. The van der Waals surface area contributed by atoms with E-state index in [0.717, 1.165) is 0 Å². The van der Waals surface area contributed by atoms with Crippen molar-refractivity contribution in [2.75, 3.05) is 5.73 Å². The van der Waals surface area contributed by atoms with Gasteiger partial charge in [-0.1, -0.05) is 12.1 Å². The maximum atomic E-state index is 13.5. The molecule has 0 spiro atoms. The molecule has 0 bridgehead atoms. The van der Waals surface area contributed by atoms with Gasteiger partial charge in [-0.25, -0.2) is 13.8 Å². The van der Waals surface area contributed by atoms with Gasteiger partial charge in [0, 0.05) is 11.1 Å². The van der Waals surface area contributed by atoms with E-state index in [1.54, 1.807) is 30.3 Å². The fourth-order valence-electron chi connectivity index (χ4n) is 2.33. The molecule has 112 valence electrons. The molecule has 2 aromatic carbocycles. The highest BCUT2D eigenvalue weighted by atomic mass is 19.1. The van der Waals surface area contributed by atoms with Crippen molar-refractivity contribution in [3.63, 3.8) is 0 Å². The van der Waals surface area contributed by atoms with Crippen molar-refractivity contribution < 1.29 is 8.78 Å². The van der Waals surface area contributed by atoms with Crippen molar-refractivity contribution in [1.29, 1.82) is 5.26 Å². The van der Waals surface area contributed by atoms with Crippen molar-refractivity contribution in [1.82, 2.24) is 4.98 Å². The molecule has 23 heavy (non-hydrogen) atoms. The van der Waals surface area contributed by atoms with Crippen LogP contribution in [0.15, 0.2) is 54.6 Å². The van der Waals surface area contributed by atoms with E-state index < -0.39 is 5.82 Å². The molecule has 0 atom stereocenters. The maximum Gasteiger partial charge on any atom is 0.142 e. The highest BCUT2D eigenvalue weighted by molar-refractivity contribution is 5.80. The van der Waals surface area contributed by atoms with Gasteiger partial charge in [-0.15, -0.1) is 0 Å². The summed E-state index contributed by atoms with van der Waals surface area (Å²) in [7, 11) is 0. The Bertz CT molecular complexity index is 913. The Hall–Kier alpha value is -3.26. The molecular formula is C18H11F2N3. The molecule has 0 aliphatic carbocycles. The number of aromatic nitrogens is 1. The quantitative estimate of drug-likeness (QED) is 0.773. The summed E-state index contributed by atoms with van der Waals surface area (Å²) in [5, 5.41) is 9.31. The lowest BCUT2D eigenvalue weighted by Crippen LogP contribution is -2.00. The van der Waals surface area contributed by atoms with Crippen LogP contribution in [-0.4, -0.2) is 4.98 Å². The van der Waals surface area contributed by atoms with Crippen molar-refractivity contribution >= 4 is 5.82 Å². The number of nitrogens with two attached hydrogens (primary N) is 1. The van der Waals surface area contributed by atoms with E-state index in [0.29, 0.717) is 22.4 Å². The third-order valence-corrected chi connectivity index (χ3v) is 3.43. The molecule has 1 heterocycles. The first-order chi connectivity index (χ1) is 11.1. The van der Waals surface area contributed by atoms with Crippen LogP contribution in [0.4, 0.5) is 14.6 Å². The Morgan fingerprint density at radius 1 is 0.913 bits per heavy atom. The zero-order valence-corrected chi connectivity index (χ0v) is 11.9. The summed E-state index contributed by atoms with van der Waals surface area (Å²) in [5.74, 6) is -0.723. The van der Waals surface area contributed by atoms with Crippen molar-refractivity contribution in [2.45, 2.75) is 0 Å². The van der Waals surface area contributed by atoms with Gasteiger partial charge in [0.2, 0.25) is 0 Å². The smallest absolute Gasteiger partial charge is 0.142 e. The largest absolute Gasteiger partial charge is 0.383 e. The van der Waals surface area contributed by atoms with Crippen LogP contribution in [0.5, 0.6) is 0 Å². The number of anilines is 1. The fraction of sp³-hybridized carbons (Fsp3) is 0. The van der Waals surface area contributed by atoms with Crippen LogP contribution in [0.25, 0.3) is 22.4 Å². The Kier molecular flexibility index (Phi) is 3.73. The minimum atomic E-state index is -0.412. The highest BCUT2D eigenvalue weighted by Gasteiger charge is 2.14. The zero-order chi connectivity index (χ0) is 16.4. The van der Waals surface area contributed by atoms with E-state index in [9.17, 15) is 14.0 Å². The molecular weight excluding hydrogens is 296 g/mol. The number of nitrogens with zero attached hydrogens (tertiary/aromatic N) is 2. The molecule has 0 amide bonds. The first kappa shape index (κ1) is 14.7. The molecule has 3 rings (SSSR count). The van der Waals surface area contributed by atoms with E-state index in [2.05, 4.69) is 4.98 Å². The summed E-state index contributed by atoms with van der Waals surface area (Å²) < 4.78 is 26.5. The van der Waals surface area contributed by atoms with E-state index in [4.69, 9.17) is 5.73 Å². The lowest BCUT2D eigenvalue weighted by Gasteiger charge is -2.10. The lowest BCUT2D eigenvalue weighted by molar-refractivity contribution is 0.627. The normalized spacial score (nSPS) is 10.3. The Labute approximate surface area is 131 Å². The van der Waals surface area contributed by atoms with Gasteiger partial charge in [-0.3, -0.25) is 0 Å². The first-order valence-corrected chi connectivity index (χ1v) is 6.81. The lowest BCUT2D eigenvalue weighted by atomic mass is 9.98. The van der Waals surface area contributed by atoms with Crippen LogP contribution in [0, 0.1) is 23.0 Å². The van der Waals surface area contributed by atoms with Crippen LogP contribution in [0.1, 0.15) is 5.56 Å². The van der Waals surface area contributed by atoms with Gasteiger partial charge in [0.15, 0.2) is 0 Å². The summed E-state index contributed by atoms with van der Waals surface area (Å²) in [5.41, 5.74) is 8.21. The second-order valence-corrected chi connectivity index (χ2v) is 4.94. The highest BCUT2D eigenvalue weighted by Crippen LogP contribution is 2.31. The molecule has 0 aliphatic rings. The monoisotopic (exact) mass is 307 g/mol. The van der Waals surface area contributed by atoms with E-state index in [1.165, 1.54) is 24.3 Å². The molecule has 2 N–H and O–H groups in total. The molecule has 5 heteroatoms. The minimum absolute atomic E-state index is 0.0496. The second-order valence-electron chi connectivity index (χ2n) is 4.94. The van der Waals surface area contributed by atoms with Crippen molar-refractivity contribution in [2.24, 2.45) is 0 Å². The number of hydrogen-bond donors (Lipinski definition) is 1. The molecule has 0 saturated heterocycles. The minimum Gasteiger partial charge on any atom is -0.383 e. The predicted molar refractivity (Wildman–Crippen MR) is 84.2 cm³/mol. The number of nitrogen functional groups attached to an aromatic ring is 1. The van der Waals surface area contributed by atoms with Crippen LogP contribution in [0.2, 0.25) is 0 Å². The summed E-state index contributed by atoms with van der Waals surface area (Å²) in [6, 6.07) is 15.3. The van der Waals surface area contributed by atoms with Crippen LogP contribution >= 0.6 is 0 Å². The second kappa shape index (κ2) is 5.85. The average molecular weight is 307 g/mol. The third kappa shape index (κ3) is 2.87. The number of rotatable bonds is 2. The molecule has 0 radical (unpaired) electrons. The number of halogens is 2. The average Bonchev–Trinajstić information content (AvgIpc) is 2.55. The number of pyridine rings is 1. The Morgan fingerprint density at radius 3 is 2.30 bits per heavy atom. The Morgan fingerprint density at radius 2 is 1.65 bits per heavy atom. The zero-order valence-electron chi connectivity index (χ0n) is 11.9. The van der Waals surface area contributed by atoms with Gasteiger partial charge < -0.3 is 5.73 Å². The topological polar surface area (TPSA) is 62.7 Å². The van der Waals surface area contributed by atoms with E-state index in [-0.39, 0.29) is 17.2 Å². The number of nitriles is 1. The summed E-state index contributed by atoms with van der Waals surface area (Å²) >= 11 is 0. The maximum absolute atomic E-state index is 13.5. The Balaban J connectivity index is 2.22. The molecule has 3 nitrogen and oxygen atoms in total. The van der Waals surface area contributed by atoms with Gasteiger partial charge in [0.05, 0.1) is 5.69 Å². The standard InChI is InChI=1S/C18H11F2N3/c19-13-6-4-11(5-7-13)17-9-15(16(10-21)18(22)23-17)12-2-1-3-14(20)8-12/h1-9H,(H2,22,23). The fourth-order valence-corrected chi connectivity index (χ4v) is 2.33. The van der Waals surface area contributed by atoms with E-state index >= 15 is 0 Å². The van der Waals surface area contributed by atoms with Crippen molar-refractivity contribution in [3.05, 3.63) is 71.8 Å². The molecule has 0 unspecified atom stereocenters. The van der Waals surface area contributed by atoms with Crippen LogP contribution in [-0.2, 0) is 0 Å².